The van der Waals surface area contributed by atoms with E-state index in [0.29, 0.717) is 12.2 Å². The number of carbonyl (C=O) groups is 1. The third-order valence-electron chi connectivity index (χ3n) is 5.48. The van der Waals surface area contributed by atoms with Gasteiger partial charge in [-0.15, -0.1) is 0 Å². The maximum absolute atomic E-state index is 12.2. The molecule has 1 aromatic rings. The molecule has 3 rings (SSSR count). The Labute approximate surface area is 122 Å². The van der Waals surface area contributed by atoms with Gasteiger partial charge in [0.25, 0.3) is 0 Å². The van der Waals surface area contributed by atoms with Gasteiger partial charge < -0.3 is 4.74 Å². The number of hydrogen-bond acceptors (Lipinski definition) is 2. The Kier molecular flexibility index (Phi) is 2.91. The van der Waals surface area contributed by atoms with Crippen molar-refractivity contribution in [2.75, 3.05) is 6.61 Å². The fraction of sp³-hybridized carbons (Fsp3) is 0.588. The number of carbonyl (C=O) groups excluding carboxylic acids is 1. The van der Waals surface area contributed by atoms with Crippen molar-refractivity contribution in [3.63, 3.8) is 0 Å². The molecule has 2 aliphatic rings. The van der Waals surface area contributed by atoms with Crippen molar-refractivity contribution in [2.24, 2.45) is 0 Å². The molecule has 0 unspecified atom stereocenters. The Hall–Kier alpha value is -1.09. The van der Waals surface area contributed by atoms with Gasteiger partial charge in [0.1, 0.15) is 5.75 Å². The van der Waals surface area contributed by atoms with Gasteiger partial charge in [-0.2, -0.15) is 0 Å². The molecule has 20 heavy (non-hydrogen) atoms. The summed E-state index contributed by atoms with van der Waals surface area (Å²) >= 11 is 0. The largest absolute Gasteiger partial charge is 0.493 e. The first-order valence-corrected chi connectivity index (χ1v) is 10.6. The molecule has 0 spiro atoms. The predicted octanol–water partition coefficient (Wildman–Crippen LogP) is 3.47. The van der Waals surface area contributed by atoms with E-state index in [1.807, 2.05) is 0 Å². The molecule has 0 radical (unpaired) electrons. The summed E-state index contributed by atoms with van der Waals surface area (Å²) in [5.74, 6) is 1.46. The summed E-state index contributed by atoms with van der Waals surface area (Å²) in [4.78, 5) is 12.2. The zero-order chi connectivity index (χ0) is 14.7. The first-order valence-electron chi connectivity index (χ1n) is 7.58. The molecule has 0 saturated heterocycles. The average Bonchev–Trinajstić information content (AvgIpc) is 2.92. The van der Waals surface area contributed by atoms with E-state index in [4.69, 9.17) is 4.74 Å². The summed E-state index contributed by atoms with van der Waals surface area (Å²) in [6.45, 7) is 12.6. The molecule has 3 heteroatoms. The van der Waals surface area contributed by atoms with Crippen LogP contribution in [-0.4, -0.2) is 20.5 Å². The van der Waals surface area contributed by atoms with Crippen LogP contribution in [0.25, 0.3) is 0 Å². The van der Waals surface area contributed by atoms with Crippen LogP contribution in [0.1, 0.15) is 48.7 Å². The van der Waals surface area contributed by atoms with Crippen LogP contribution in [0, 0.1) is 0 Å². The lowest BCUT2D eigenvalue weighted by Crippen LogP contribution is -2.51. The fourth-order valence-electron chi connectivity index (χ4n) is 3.29. The van der Waals surface area contributed by atoms with Crippen molar-refractivity contribution in [3.05, 3.63) is 22.8 Å². The van der Waals surface area contributed by atoms with Crippen LogP contribution in [-0.2, 0) is 12.8 Å². The van der Waals surface area contributed by atoms with Gasteiger partial charge in [-0.3, -0.25) is 4.79 Å². The van der Waals surface area contributed by atoms with Gasteiger partial charge in [-0.05, 0) is 33.8 Å². The van der Waals surface area contributed by atoms with E-state index < -0.39 is 8.07 Å². The minimum absolute atomic E-state index is 0.257. The van der Waals surface area contributed by atoms with Crippen LogP contribution in [0.5, 0.6) is 5.75 Å². The van der Waals surface area contributed by atoms with Crippen molar-refractivity contribution in [3.8, 4) is 5.75 Å². The molecule has 0 saturated carbocycles. The maximum atomic E-state index is 12.2. The van der Waals surface area contributed by atoms with Gasteiger partial charge >= 0.3 is 0 Å². The van der Waals surface area contributed by atoms with Crippen molar-refractivity contribution in [2.45, 2.75) is 58.2 Å². The highest BCUT2D eigenvalue weighted by Gasteiger charge is 2.44. The summed E-state index contributed by atoms with van der Waals surface area (Å²) in [5.41, 5.74) is 3.56. The zero-order valence-electron chi connectivity index (χ0n) is 13.2. The van der Waals surface area contributed by atoms with E-state index >= 15 is 0 Å². The molecule has 0 atom stereocenters. The Morgan fingerprint density at radius 3 is 2.50 bits per heavy atom. The van der Waals surface area contributed by atoms with E-state index in [-0.39, 0.29) is 5.04 Å². The molecular weight excluding hydrogens is 264 g/mol. The number of Topliss-reactive ketones (excluding diaryl/α,β-unsaturated/α-hetero) is 1. The van der Waals surface area contributed by atoms with Crippen molar-refractivity contribution >= 4 is 19.0 Å². The molecule has 108 valence electrons. The van der Waals surface area contributed by atoms with Crippen molar-refractivity contribution in [1.82, 2.24) is 0 Å². The molecule has 0 amide bonds. The Morgan fingerprint density at radius 1 is 1.15 bits per heavy atom. The molecule has 0 aromatic heterocycles. The van der Waals surface area contributed by atoms with Crippen LogP contribution in [0.3, 0.4) is 0 Å². The summed E-state index contributed by atoms with van der Waals surface area (Å²) in [7, 11) is -1.70. The van der Waals surface area contributed by atoms with Gasteiger partial charge in [-0.1, -0.05) is 33.9 Å². The molecule has 1 heterocycles. The second-order valence-electron chi connectivity index (χ2n) is 7.66. The topological polar surface area (TPSA) is 26.3 Å². The number of fused-ring (bicyclic) bond motifs is 2. The zero-order valence-corrected chi connectivity index (χ0v) is 14.2. The maximum Gasteiger partial charge on any atom is 0.163 e. The van der Waals surface area contributed by atoms with E-state index in [9.17, 15) is 4.79 Å². The summed E-state index contributed by atoms with van der Waals surface area (Å²) in [5, 5.41) is 1.69. The van der Waals surface area contributed by atoms with Crippen molar-refractivity contribution in [1.29, 1.82) is 0 Å². The van der Waals surface area contributed by atoms with Gasteiger partial charge in [-0.25, -0.2) is 0 Å². The van der Waals surface area contributed by atoms with Crippen LogP contribution >= 0.6 is 0 Å². The number of hydrogen-bond donors (Lipinski definition) is 0. The van der Waals surface area contributed by atoms with E-state index in [1.165, 1.54) is 16.3 Å². The van der Waals surface area contributed by atoms with E-state index in [2.05, 4.69) is 39.9 Å². The Bertz CT molecular complexity index is 594. The number of ketones is 1. The third kappa shape index (κ3) is 1.79. The second-order valence-corrected chi connectivity index (χ2v) is 12.9. The van der Waals surface area contributed by atoms with Gasteiger partial charge in [0, 0.05) is 18.4 Å². The average molecular weight is 288 g/mol. The number of ether oxygens (including phenoxy) is 1. The first kappa shape index (κ1) is 13.9. The second kappa shape index (κ2) is 4.20. The van der Waals surface area contributed by atoms with Gasteiger partial charge in [0.15, 0.2) is 5.78 Å². The highest BCUT2D eigenvalue weighted by Crippen LogP contribution is 2.42. The normalized spacial score (nSPS) is 17.9. The molecule has 1 aliphatic heterocycles. The molecule has 2 nitrogen and oxygen atoms in total. The predicted molar refractivity (Wildman–Crippen MR) is 85.1 cm³/mol. The van der Waals surface area contributed by atoms with Crippen molar-refractivity contribution < 1.29 is 9.53 Å². The third-order valence-corrected chi connectivity index (χ3v) is 11.0. The Morgan fingerprint density at radius 2 is 1.85 bits per heavy atom. The number of benzene rings is 1. The molecule has 0 N–H and O–H groups in total. The lowest BCUT2D eigenvalue weighted by atomic mass is 10.0. The lowest BCUT2D eigenvalue weighted by Gasteiger charge is -2.39. The molecule has 1 aromatic carbocycles. The van der Waals surface area contributed by atoms with Gasteiger partial charge in [0.05, 0.1) is 14.7 Å². The fourth-order valence-corrected chi connectivity index (χ4v) is 5.85. The van der Waals surface area contributed by atoms with E-state index in [1.54, 1.807) is 0 Å². The summed E-state index contributed by atoms with van der Waals surface area (Å²) < 4.78 is 6.00. The smallest absolute Gasteiger partial charge is 0.163 e. The van der Waals surface area contributed by atoms with Crippen LogP contribution in [0.2, 0.25) is 18.1 Å². The SMILES string of the molecule is CC(C)(C)[Si](C)(C)c1c2c(cc3c1OCC3)C(=O)CC2. The lowest BCUT2D eigenvalue weighted by molar-refractivity contribution is 0.0994. The minimum atomic E-state index is -1.70. The highest BCUT2D eigenvalue weighted by molar-refractivity contribution is 6.93. The monoisotopic (exact) mass is 288 g/mol. The molecular formula is C17H24O2Si. The molecule has 1 aliphatic carbocycles. The minimum Gasteiger partial charge on any atom is -0.493 e. The summed E-state index contributed by atoms with van der Waals surface area (Å²) in [6.07, 6.45) is 2.55. The first-order chi connectivity index (χ1) is 9.23. The highest BCUT2D eigenvalue weighted by atomic mass is 28.3. The van der Waals surface area contributed by atoms with Crippen LogP contribution in [0.4, 0.5) is 0 Å². The van der Waals surface area contributed by atoms with Crippen LogP contribution in [0.15, 0.2) is 6.07 Å². The van der Waals surface area contributed by atoms with Gasteiger partial charge in [0.2, 0.25) is 0 Å². The van der Waals surface area contributed by atoms with E-state index in [0.717, 1.165) is 30.8 Å². The molecule has 0 bridgehead atoms. The number of rotatable bonds is 1. The summed E-state index contributed by atoms with van der Waals surface area (Å²) in [6, 6.07) is 2.11. The standard InChI is InChI=1S/C17H24O2Si/c1-17(2,3)20(4,5)16-12-6-7-14(18)13(12)10-11-8-9-19-15(11)16/h10H,6-9H2,1-5H3. The Balaban J connectivity index is 2.31. The molecule has 0 fully saturated rings. The van der Waals surface area contributed by atoms with Crippen LogP contribution < -0.4 is 9.92 Å². The quantitative estimate of drug-likeness (QED) is 0.740.